The van der Waals surface area contributed by atoms with Crippen molar-refractivity contribution >= 4 is 28.8 Å². The number of aromatic nitrogens is 2. The molecule has 0 atom stereocenters. The van der Waals surface area contributed by atoms with E-state index >= 15 is 0 Å². The topological polar surface area (TPSA) is 76.0 Å². The van der Waals surface area contributed by atoms with Crippen molar-refractivity contribution in [1.29, 1.82) is 0 Å². The molecule has 0 spiro atoms. The van der Waals surface area contributed by atoms with Crippen molar-refractivity contribution < 1.29 is 18.4 Å². The molecule has 128 valence electrons. The van der Waals surface area contributed by atoms with Crippen molar-refractivity contribution in [3.05, 3.63) is 54.1 Å². The number of nitrogens with one attached hydrogen (secondary N) is 2. The maximum atomic E-state index is 14.2. The standard InChI is InChI=1S/C17H14F2N4O2/c1-10(24)20-9-16(25)22-17-21-13-7-6-11(18)8-15(13)23(17)14-5-3-2-4-12(14)19/h2-8H,9H2,1H3,(H,20,24)(H,21,22,25). The summed E-state index contributed by atoms with van der Waals surface area (Å²) in [6.07, 6.45) is 0. The van der Waals surface area contributed by atoms with E-state index in [1.54, 1.807) is 6.07 Å². The number of fused-ring (bicyclic) bond motifs is 1. The molecule has 0 saturated carbocycles. The smallest absolute Gasteiger partial charge is 0.246 e. The minimum atomic E-state index is -0.552. The first-order valence-electron chi connectivity index (χ1n) is 7.43. The lowest BCUT2D eigenvalue weighted by atomic mass is 10.2. The lowest BCUT2D eigenvalue weighted by molar-refractivity contribution is -0.122. The Balaban J connectivity index is 2.09. The highest BCUT2D eigenvalue weighted by Crippen LogP contribution is 2.26. The number of nitrogens with zero attached hydrogens (tertiary/aromatic N) is 2. The molecule has 3 rings (SSSR count). The summed E-state index contributed by atoms with van der Waals surface area (Å²) in [4.78, 5) is 27.1. The summed E-state index contributed by atoms with van der Waals surface area (Å²) in [7, 11) is 0. The summed E-state index contributed by atoms with van der Waals surface area (Å²) in [5, 5.41) is 4.87. The maximum absolute atomic E-state index is 14.2. The van der Waals surface area contributed by atoms with Crippen molar-refractivity contribution in [2.24, 2.45) is 0 Å². The third kappa shape index (κ3) is 3.47. The minimum Gasteiger partial charge on any atom is -0.347 e. The summed E-state index contributed by atoms with van der Waals surface area (Å²) in [6, 6.07) is 9.75. The van der Waals surface area contributed by atoms with Gasteiger partial charge in [0.1, 0.15) is 11.6 Å². The molecule has 8 heteroatoms. The molecule has 0 saturated heterocycles. The molecule has 2 aromatic carbocycles. The van der Waals surface area contributed by atoms with E-state index in [9.17, 15) is 18.4 Å². The number of hydrogen-bond donors (Lipinski definition) is 2. The normalized spacial score (nSPS) is 10.7. The molecule has 0 aliphatic heterocycles. The summed E-state index contributed by atoms with van der Waals surface area (Å²) < 4.78 is 29.2. The number of benzene rings is 2. The quantitative estimate of drug-likeness (QED) is 0.763. The molecule has 0 radical (unpaired) electrons. The van der Waals surface area contributed by atoms with Crippen molar-refractivity contribution in [1.82, 2.24) is 14.9 Å². The van der Waals surface area contributed by atoms with Crippen LogP contribution in [0.5, 0.6) is 0 Å². The van der Waals surface area contributed by atoms with E-state index in [2.05, 4.69) is 15.6 Å². The number of halogens is 2. The number of amides is 2. The van der Waals surface area contributed by atoms with E-state index in [0.717, 1.165) is 0 Å². The summed E-state index contributed by atoms with van der Waals surface area (Å²) in [5.41, 5.74) is 0.810. The van der Waals surface area contributed by atoms with Crippen molar-refractivity contribution in [3.63, 3.8) is 0 Å². The third-order valence-corrected chi connectivity index (χ3v) is 3.46. The molecule has 2 amide bonds. The van der Waals surface area contributed by atoms with Crippen LogP contribution in [0.2, 0.25) is 0 Å². The Labute approximate surface area is 141 Å². The average molecular weight is 344 g/mol. The molecule has 6 nitrogen and oxygen atoms in total. The van der Waals surface area contributed by atoms with Crippen LogP contribution in [0.25, 0.3) is 16.7 Å². The van der Waals surface area contributed by atoms with Crippen LogP contribution in [-0.4, -0.2) is 27.9 Å². The number of para-hydroxylation sites is 1. The van der Waals surface area contributed by atoms with Crippen molar-refractivity contribution in [3.8, 4) is 5.69 Å². The van der Waals surface area contributed by atoms with E-state index in [0.29, 0.717) is 11.0 Å². The number of rotatable bonds is 4. The Bertz CT molecular complexity index is 968. The highest BCUT2D eigenvalue weighted by atomic mass is 19.1. The van der Waals surface area contributed by atoms with Gasteiger partial charge in [-0.05, 0) is 24.3 Å². The maximum Gasteiger partial charge on any atom is 0.246 e. The second kappa shape index (κ2) is 6.68. The van der Waals surface area contributed by atoms with Gasteiger partial charge in [-0.25, -0.2) is 13.8 Å². The zero-order valence-electron chi connectivity index (χ0n) is 13.2. The van der Waals surface area contributed by atoms with Crippen LogP contribution < -0.4 is 10.6 Å². The Morgan fingerprint density at radius 2 is 1.92 bits per heavy atom. The fraction of sp³-hybridized carbons (Fsp3) is 0.118. The van der Waals surface area contributed by atoms with Crippen LogP contribution in [0.1, 0.15) is 6.92 Å². The predicted molar refractivity (Wildman–Crippen MR) is 88.3 cm³/mol. The van der Waals surface area contributed by atoms with E-state index in [-0.39, 0.29) is 24.1 Å². The first-order valence-corrected chi connectivity index (χ1v) is 7.43. The van der Waals surface area contributed by atoms with Gasteiger partial charge in [0.05, 0.1) is 23.3 Å². The van der Waals surface area contributed by atoms with Gasteiger partial charge in [0.25, 0.3) is 0 Å². The molecule has 0 fully saturated rings. The molecule has 0 bridgehead atoms. The second-order valence-electron chi connectivity index (χ2n) is 5.31. The Morgan fingerprint density at radius 1 is 1.16 bits per heavy atom. The van der Waals surface area contributed by atoms with Gasteiger partial charge in [-0.2, -0.15) is 0 Å². The van der Waals surface area contributed by atoms with Gasteiger partial charge in [0.15, 0.2) is 0 Å². The van der Waals surface area contributed by atoms with Gasteiger partial charge in [-0.15, -0.1) is 0 Å². The predicted octanol–water partition coefficient (Wildman–Crippen LogP) is 2.38. The van der Waals surface area contributed by atoms with E-state index in [1.807, 2.05) is 0 Å². The number of anilines is 1. The van der Waals surface area contributed by atoms with Crippen LogP contribution in [0.15, 0.2) is 42.5 Å². The van der Waals surface area contributed by atoms with Crippen LogP contribution in [0.4, 0.5) is 14.7 Å². The van der Waals surface area contributed by atoms with E-state index < -0.39 is 17.5 Å². The monoisotopic (exact) mass is 344 g/mol. The summed E-state index contributed by atoms with van der Waals surface area (Å²) in [6.45, 7) is 1.02. The van der Waals surface area contributed by atoms with Gasteiger partial charge in [-0.3, -0.25) is 19.5 Å². The first-order chi connectivity index (χ1) is 12.0. The van der Waals surface area contributed by atoms with E-state index in [4.69, 9.17) is 0 Å². The van der Waals surface area contributed by atoms with E-state index in [1.165, 1.54) is 47.9 Å². The fourth-order valence-corrected chi connectivity index (χ4v) is 2.38. The fourth-order valence-electron chi connectivity index (χ4n) is 2.38. The van der Waals surface area contributed by atoms with Crippen molar-refractivity contribution in [2.45, 2.75) is 6.92 Å². The molecular formula is C17H14F2N4O2. The third-order valence-electron chi connectivity index (χ3n) is 3.46. The zero-order chi connectivity index (χ0) is 18.0. The average Bonchev–Trinajstić information content (AvgIpc) is 2.90. The highest BCUT2D eigenvalue weighted by Gasteiger charge is 2.17. The van der Waals surface area contributed by atoms with Gasteiger partial charge >= 0.3 is 0 Å². The molecule has 1 aromatic heterocycles. The molecule has 2 N–H and O–H groups in total. The van der Waals surface area contributed by atoms with Crippen LogP contribution in [0, 0.1) is 11.6 Å². The number of carbonyl (C=O) groups is 2. The first kappa shape index (κ1) is 16.6. The number of hydrogen-bond acceptors (Lipinski definition) is 3. The Kier molecular flexibility index (Phi) is 4.42. The number of carbonyl (C=O) groups excluding carboxylic acids is 2. The van der Waals surface area contributed by atoms with Gasteiger partial charge in [0.2, 0.25) is 17.8 Å². The van der Waals surface area contributed by atoms with Gasteiger partial charge < -0.3 is 5.32 Å². The van der Waals surface area contributed by atoms with Crippen LogP contribution >= 0.6 is 0 Å². The highest BCUT2D eigenvalue weighted by molar-refractivity contribution is 5.95. The molecule has 0 aliphatic carbocycles. The lowest BCUT2D eigenvalue weighted by Gasteiger charge is -2.11. The summed E-state index contributed by atoms with van der Waals surface area (Å²) >= 11 is 0. The molecular weight excluding hydrogens is 330 g/mol. The largest absolute Gasteiger partial charge is 0.347 e. The second-order valence-corrected chi connectivity index (χ2v) is 5.31. The Hall–Kier alpha value is -3.29. The zero-order valence-corrected chi connectivity index (χ0v) is 13.2. The van der Waals surface area contributed by atoms with Crippen LogP contribution in [-0.2, 0) is 9.59 Å². The molecule has 25 heavy (non-hydrogen) atoms. The summed E-state index contributed by atoms with van der Waals surface area (Å²) in [5.74, 6) is -1.94. The van der Waals surface area contributed by atoms with Gasteiger partial charge in [0, 0.05) is 13.0 Å². The minimum absolute atomic E-state index is 0.0288. The molecule has 3 aromatic rings. The molecule has 0 aliphatic rings. The molecule has 1 heterocycles. The van der Waals surface area contributed by atoms with Crippen molar-refractivity contribution in [2.75, 3.05) is 11.9 Å². The van der Waals surface area contributed by atoms with Gasteiger partial charge in [-0.1, -0.05) is 12.1 Å². The molecule has 0 unspecified atom stereocenters. The number of imidazole rings is 1. The Morgan fingerprint density at radius 3 is 2.64 bits per heavy atom. The van der Waals surface area contributed by atoms with Crippen LogP contribution in [0.3, 0.4) is 0 Å². The lowest BCUT2D eigenvalue weighted by Crippen LogP contribution is -2.31. The SMILES string of the molecule is CC(=O)NCC(=O)Nc1nc2ccc(F)cc2n1-c1ccccc1F.